The van der Waals surface area contributed by atoms with Crippen LogP contribution in [0.2, 0.25) is 0 Å². The van der Waals surface area contributed by atoms with Crippen LogP contribution in [0.5, 0.6) is 0 Å². The Hall–Kier alpha value is -4.17. The summed E-state index contributed by atoms with van der Waals surface area (Å²) in [5, 5.41) is 11.7. The number of methoxy groups -OCH3 is 1. The maximum atomic E-state index is 15.0. The monoisotopic (exact) mass is 524 g/mol. The first-order chi connectivity index (χ1) is 17.6. The van der Waals surface area contributed by atoms with Gasteiger partial charge in [0.25, 0.3) is 5.91 Å². The van der Waals surface area contributed by atoms with Gasteiger partial charge in [0.05, 0.1) is 41.7 Å². The molecule has 2 amide bonds. The molecule has 37 heavy (non-hydrogen) atoms. The van der Waals surface area contributed by atoms with Crippen LogP contribution in [-0.4, -0.2) is 35.0 Å². The number of carbonyl (C=O) groups is 3. The molecule has 0 saturated carbocycles. The molecule has 2 aliphatic heterocycles. The molecule has 1 fully saturated rings. The summed E-state index contributed by atoms with van der Waals surface area (Å²) in [5.41, 5.74) is 7.32. The van der Waals surface area contributed by atoms with Crippen molar-refractivity contribution in [3.05, 3.63) is 86.7 Å². The van der Waals surface area contributed by atoms with Crippen molar-refractivity contribution < 1.29 is 27.9 Å². The number of nitriles is 1. The zero-order valence-corrected chi connectivity index (χ0v) is 20.9. The Balaban J connectivity index is 1.92. The van der Waals surface area contributed by atoms with E-state index in [4.69, 9.17) is 5.73 Å². The minimum atomic E-state index is -1.54. The lowest BCUT2D eigenvalue weighted by atomic mass is 9.82. The van der Waals surface area contributed by atoms with Crippen LogP contribution >= 0.6 is 11.8 Å². The quantitative estimate of drug-likeness (QED) is 0.571. The maximum absolute atomic E-state index is 15.0. The van der Waals surface area contributed by atoms with E-state index in [1.165, 1.54) is 7.11 Å². The number of nitrogens with two attached hydrogens (primary N) is 1. The fourth-order valence-electron chi connectivity index (χ4n) is 4.24. The number of nitrogens with one attached hydrogen (secondary N) is 1. The fraction of sp³-hybridized carbons (Fsp3) is 0.231. The SMILES string of the molecule is COC(=O)CC1SC2=C(C(=O)Nc3ccc(C)c(C)c3)C(c3c(F)cccc3F)C(C#N)=C(N)N2C1=O. The Kier molecular flexibility index (Phi) is 7.05. The Morgan fingerprint density at radius 2 is 1.86 bits per heavy atom. The summed E-state index contributed by atoms with van der Waals surface area (Å²) in [6, 6.07) is 10.2. The van der Waals surface area contributed by atoms with Gasteiger partial charge >= 0.3 is 5.97 Å². The normalized spacial score (nSPS) is 19.0. The van der Waals surface area contributed by atoms with Gasteiger partial charge in [-0.1, -0.05) is 23.9 Å². The molecular formula is C26H22F2N4O4S. The fourth-order valence-corrected chi connectivity index (χ4v) is 5.56. The maximum Gasteiger partial charge on any atom is 0.307 e. The zero-order chi connectivity index (χ0) is 27.0. The summed E-state index contributed by atoms with van der Waals surface area (Å²) in [4.78, 5) is 39.8. The molecule has 3 N–H and O–H groups in total. The summed E-state index contributed by atoms with van der Waals surface area (Å²) >= 11 is 0.851. The number of thioether (sulfide) groups is 1. The van der Waals surface area contributed by atoms with Gasteiger partial charge in [-0.05, 0) is 49.2 Å². The van der Waals surface area contributed by atoms with Gasteiger partial charge in [0, 0.05) is 11.3 Å². The largest absolute Gasteiger partial charge is 0.469 e. The van der Waals surface area contributed by atoms with Crippen LogP contribution in [0.25, 0.3) is 0 Å². The van der Waals surface area contributed by atoms with Crippen molar-refractivity contribution in [3.63, 3.8) is 0 Å². The third kappa shape index (κ3) is 4.56. The first kappa shape index (κ1) is 25.9. The van der Waals surface area contributed by atoms with Crippen LogP contribution in [0.4, 0.5) is 14.5 Å². The highest BCUT2D eigenvalue weighted by Gasteiger charge is 2.49. The summed E-state index contributed by atoms with van der Waals surface area (Å²) in [6.07, 6.45) is -0.333. The number of amides is 2. The number of carbonyl (C=O) groups excluding carboxylic acids is 3. The number of halogens is 2. The Morgan fingerprint density at radius 1 is 1.19 bits per heavy atom. The van der Waals surface area contributed by atoms with Crippen LogP contribution in [-0.2, 0) is 19.1 Å². The molecular weight excluding hydrogens is 502 g/mol. The van der Waals surface area contributed by atoms with Gasteiger partial charge in [-0.15, -0.1) is 0 Å². The van der Waals surface area contributed by atoms with Gasteiger partial charge in [-0.25, -0.2) is 8.78 Å². The highest BCUT2D eigenvalue weighted by atomic mass is 32.2. The van der Waals surface area contributed by atoms with Crippen molar-refractivity contribution in [2.75, 3.05) is 12.4 Å². The van der Waals surface area contributed by atoms with Gasteiger partial charge in [0.15, 0.2) is 0 Å². The lowest BCUT2D eigenvalue weighted by Gasteiger charge is -2.32. The molecule has 0 aliphatic carbocycles. The average Bonchev–Trinajstić information content (AvgIpc) is 3.17. The molecule has 2 aliphatic rings. The van der Waals surface area contributed by atoms with E-state index < -0.39 is 46.1 Å². The van der Waals surface area contributed by atoms with E-state index in [9.17, 15) is 19.6 Å². The first-order valence-corrected chi connectivity index (χ1v) is 12.0. The van der Waals surface area contributed by atoms with Gasteiger partial charge in [0.2, 0.25) is 5.91 Å². The van der Waals surface area contributed by atoms with Crippen molar-refractivity contribution in [2.45, 2.75) is 31.4 Å². The smallest absolute Gasteiger partial charge is 0.307 e. The second-order valence-electron chi connectivity index (χ2n) is 8.51. The third-order valence-electron chi connectivity index (χ3n) is 6.28. The van der Waals surface area contributed by atoms with Crippen molar-refractivity contribution in [3.8, 4) is 6.07 Å². The number of benzene rings is 2. The third-order valence-corrected chi connectivity index (χ3v) is 7.55. The number of ether oxygens (including phenoxy) is 1. The molecule has 2 aromatic rings. The molecule has 0 bridgehead atoms. The molecule has 0 spiro atoms. The first-order valence-electron chi connectivity index (χ1n) is 11.1. The molecule has 190 valence electrons. The molecule has 0 aromatic heterocycles. The number of rotatable bonds is 5. The summed E-state index contributed by atoms with van der Waals surface area (Å²) in [5.74, 6) is -5.99. The number of allylic oxidation sites excluding steroid dienone is 1. The van der Waals surface area contributed by atoms with E-state index >= 15 is 8.78 Å². The standard InChI is InChI=1S/C26H22F2N4O4S/c1-12-7-8-14(9-13(12)2)31-24(34)22-20(21-16(27)5-4-6-17(21)28)15(11-29)23(30)32-25(35)18(37-26(22)32)10-19(33)36-3/h4-9,18,20H,10,30H2,1-3H3,(H,31,34). The van der Waals surface area contributed by atoms with Crippen LogP contribution in [0.1, 0.15) is 29.0 Å². The Bertz CT molecular complexity index is 1430. The van der Waals surface area contributed by atoms with Crippen molar-refractivity contribution in [1.82, 2.24) is 4.90 Å². The summed E-state index contributed by atoms with van der Waals surface area (Å²) < 4.78 is 34.7. The van der Waals surface area contributed by atoms with Crippen molar-refractivity contribution >= 4 is 35.2 Å². The molecule has 2 unspecified atom stereocenters. The highest BCUT2D eigenvalue weighted by Crippen LogP contribution is 2.50. The van der Waals surface area contributed by atoms with Gasteiger partial charge in [-0.3, -0.25) is 19.3 Å². The lowest BCUT2D eigenvalue weighted by Crippen LogP contribution is -2.39. The van der Waals surface area contributed by atoms with E-state index in [1.807, 2.05) is 19.9 Å². The van der Waals surface area contributed by atoms with Gasteiger partial charge < -0.3 is 15.8 Å². The number of hydrogen-bond acceptors (Lipinski definition) is 7. The molecule has 2 atom stereocenters. The molecule has 0 radical (unpaired) electrons. The number of fused-ring (bicyclic) bond motifs is 1. The Labute approximate surface area is 215 Å². The average molecular weight is 525 g/mol. The zero-order valence-electron chi connectivity index (χ0n) is 20.1. The summed E-state index contributed by atoms with van der Waals surface area (Å²) in [6.45, 7) is 3.75. The van der Waals surface area contributed by atoms with Gasteiger partial charge in [0.1, 0.15) is 22.7 Å². The predicted octanol–water partition coefficient (Wildman–Crippen LogP) is 3.73. The topological polar surface area (TPSA) is 126 Å². The highest BCUT2D eigenvalue weighted by molar-refractivity contribution is 8.04. The lowest BCUT2D eigenvalue weighted by molar-refractivity contribution is -0.142. The minimum absolute atomic E-state index is 0.00982. The second kappa shape index (κ2) is 10.1. The van der Waals surface area contributed by atoms with Gasteiger partial charge in [-0.2, -0.15) is 5.26 Å². The van der Waals surface area contributed by atoms with Crippen LogP contribution < -0.4 is 11.1 Å². The molecule has 2 aromatic carbocycles. The second-order valence-corrected chi connectivity index (χ2v) is 9.70. The van der Waals surface area contributed by atoms with Crippen molar-refractivity contribution in [2.24, 2.45) is 5.73 Å². The Morgan fingerprint density at radius 3 is 2.46 bits per heavy atom. The van der Waals surface area contributed by atoms with E-state index in [2.05, 4.69) is 10.1 Å². The van der Waals surface area contributed by atoms with Crippen LogP contribution in [0.3, 0.4) is 0 Å². The molecule has 1 saturated heterocycles. The summed E-state index contributed by atoms with van der Waals surface area (Å²) in [7, 11) is 1.17. The molecule has 8 nitrogen and oxygen atoms in total. The van der Waals surface area contributed by atoms with Crippen LogP contribution in [0, 0.1) is 36.8 Å². The number of hydrogen-bond donors (Lipinski definition) is 2. The predicted molar refractivity (Wildman–Crippen MR) is 132 cm³/mol. The number of anilines is 1. The van der Waals surface area contributed by atoms with Crippen molar-refractivity contribution in [1.29, 1.82) is 5.26 Å². The number of nitrogens with zero attached hydrogens (tertiary/aromatic N) is 2. The molecule has 2 heterocycles. The molecule has 4 rings (SSSR count). The number of aryl methyl sites for hydroxylation is 2. The van der Waals surface area contributed by atoms with E-state index in [-0.39, 0.29) is 28.4 Å². The van der Waals surface area contributed by atoms with E-state index in [0.29, 0.717) is 5.69 Å². The van der Waals surface area contributed by atoms with E-state index in [0.717, 1.165) is 46.0 Å². The van der Waals surface area contributed by atoms with E-state index in [1.54, 1.807) is 18.2 Å². The molecule has 11 heteroatoms. The minimum Gasteiger partial charge on any atom is -0.469 e. The van der Waals surface area contributed by atoms with Crippen LogP contribution in [0.15, 0.2) is 58.4 Å². The number of esters is 1.